The third-order valence-corrected chi connectivity index (χ3v) is 4.24. The van der Waals surface area contributed by atoms with Gasteiger partial charge in [-0.25, -0.2) is 4.79 Å². The molecule has 0 bridgehead atoms. The second kappa shape index (κ2) is 7.52. The van der Waals surface area contributed by atoms with Gasteiger partial charge in [-0.05, 0) is 31.1 Å². The van der Waals surface area contributed by atoms with Crippen LogP contribution < -0.4 is 0 Å². The Balaban J connectivity index is 2.16. The van der Waals surface area contributed by atoms with Gasteiger partial charge in [-0.1, -0.05) is 12.5 Å². The molecule has 0 radical (unpaired) electrons. The zero-order chi connectivity index (χ0) is 11.8. The number of thioether (sulfide) groups is 1. The molecule has 0 atom stereocenters. The molecule has 1 aromatic rings. The van der Waals surface area contributed by atoms with Crippen molar-refractivity contribution in [3.63, 3.8) is 0 Å². The maximum Gasteiger partial charge on any atom is 0.345 e. The van der Waals surface area contributed by atoms with E-state index in [9.17, 15) is 4.79 Å². The van der Waals surface area contributed by atoms with Gasteiger partial charge < -0.3 is 5.11 Å². The minimum absolute atomic E-state index is 0.425. The minimum Gasteiger partial charge on any atom is -0.477 e. The zero-order valence-electron chi connectivity index (χ0n) is 9.15. The molecular weight excluding hydrogens is 240 g/mol. The summed E-state index contributed by atoms with van der Waals surface area (Å²) in [6.07, 6.45) is 6.64. The van der Waals surface area contributed by atoms with Crippen LogP contribution in [0.15, 0.2) is 29.0 Å². The van der Waals surface area contributed by atoms with Crippen molar-refractivity contribution in [2.75, 3.05) is 5.75 Å². The average Bonchev–Trinajstić information content (AvgIpc) is 2.72. The smallest absolute Gasteiger partial charge is 0.345 e. The summed E-state index contributed by atoms with van der Waals surface area (Å²) in [5.74, 6) is 0.232. The maximum atomic E-state index is 10.7. The van der Waals surface area contributed by atoms with Gasteiger partial charge >= 0.3 is 5.97 Å². The van der Waals surface area contributed by atoms with E-state index in [4.69, 9.17) is 5.11 Å². The second-order valence-electron chi connectivity index (χ2n) is 3.44. The molecule has 2 nitrogen and oxygen atoms in total. The molecule has 0 saturated carbocycles. The molecule has 1 rings (SSSR count). The molecule has 0 spiro atoms. The molecular formula is C12H16O2S2. The lowest BCUT2D eigenvalue weighted by Crippen LogP contribution is -1.89. The van der Waals surface area contributed by atoms with Crippen molar-refractivity contribution in [2.45, 2.75) is 30.6 Å². The Morgan fingerprint density at radius 1 is 1.50 bits per heavy atom. The topological polar surface area (TPSA) is 37.3 Å². The molecule has 0 unspecified atom stereocenters. The number of carbonyl (C=O) groups is 1. The van der Waals surface area contributed by atoms with Gasteiger partial charge in [0.2, 0.25) is 0 Å². The quantitative estimate of drug-likeness (QED) is 0.428. The lowest BCUT2D eigenvalue weighted by Gasteiger charge is -1.98. The fraction of sp³-hybridized carbons (Fsp3) is 0.417. The van der Waals surface area contributed by atoms with Gasteiger partial charge in [0.05, 0.1) is 0 Å². The number of rotatable bonds is 8. The highest BCUT2D eigenvalue weighted by Gasteiger charge is 2.06. The monoisotopic (exact) mass is 256 g/mol. The van der Waals surface area contributed by atoms with Crippen molar-refractivity contribution in [1.29, 1.82) is 0 Å². The Bertz CT molecular complexity index is 345. The highest BCUT2D eigenvalue weighted by atomic mass is 32.2. The molecule has 4 heteroatoms. The summed E-state index contributed by atoms with van der Waals surface area (Å²) in [4.78, 5) is 12.2. The van der Waals surface area contributed by atoms with Crippen LogP contribution in [0.1, 0.15) is 35.4 Å². The predicted octanol–water partition coefficient (Wildman–Crippen LogP) is 4.28. The van der Waals surface area contributed by atoms with Crippen LogP contribution in [0.4, 0.5) is 0 Å². The van der Waals surface area contributed by atoms with Crippen LogP contribution in [0.3, 0.4) is 0 Å². The Morgan fingerprint density at radius 3 is 2.94 bits per heavy atom. The Morgan fingerprint density at radius 2 is 2.31 bits per heavy atom. The van der Waals surface area contributed by atoms with Crippen LogP contribution in [0.5, 0.6) is 0 Å². The number of allylic oxidation sites excluding steroid dienone is 1. The summed E-state index contributed by atoms with van der Waals surface area (Å²) < 4.78 is 0. The van der Waals surface area contributed by atoms with E-state index in [0.29, 0.717) is 4.88 Å². The molecule has 0 aromatic carbocycles. The van der Waals surface area contributed by atoms with Gasteiger partial charge in [0.25, 0.3) is 0 Å². The maximum absolute atomic E-state index is 10.7. The summed E-state index contributed by atoms with van der Waals surface area (Å²) in [6.45, 7) is 3.69. The van der Waals surface area contributed by atoms with Crippen molar-refractivity contribution < 1.29 is 9.90 Å². The summed E-state index contributed by atoms with van der Waals surface area (Å²) in [6, 6.07) is 1.75. The second-order valence-corrected chi connectivity index (χ2v) is 5.52. The van der Waals surface area contributed by atoms with E-state index >= 15 is 0 Å². The van der Waals surface area contributed by atoms with Crippen LogP contribution >= 0.6 is 23.1 Å². The lowest BCUT2D eigenvalue weighted by atomic mass is 10.2. The molecule has 1 heterocycles. The van der Waals surface area contributed by atoms with Gasteiger partial charge in [0.1, 0.15) is 4.88 Å². The molecule has 0 fully saturated rings. The number of thiophene rings is 1. The van der Waals surface area contributed by atoms with Crippen molar-refractivity contribution in [3.05, 3.63) is 29.0 Å². The van der Waals surface area contributed by atoms with Gasteiger partial charge in [-0.2, -0.15) is 0 Å². The molecule has 1 aromatic heterocycles. The van der Waals surface area contributed by atoms with Crippen LogP contribution in [0.25, 0.3) is 0 Å². The van der Waals surface area contributed by atoms with E-state index in [1.54, 1.807) is 17.8 Å². The van der Waals surface area contributed by atoms with E-state index < -0.39 is 5.97 Å². The molecule has 16 heavy (non-hydrogen) atoms. The third kappa shape index (κ3) is 4.86. The van der Waals surface area contributed by atoms with E-state index in [-0.39, 0.29) is 0 Å². The van der Waals surface area contributed by atoms with E-state index in [2.05, 4.69) is 6.58 Å². The predicted molar refractivity (Wildman–Crippen MR) is 70.7 cm³/mol. The summed E-state index contributed by atoms with van der Waals surface area (Å²) >= 11 is 3.03. The first-order valence-electron chi connectivity index (χ1n) is 5.29. The molecule has 88 valence electrons. The molecule has 0 amide bonds. The van der Waals surface area contributed by atoms with Crippen molar-refractivity contribution in [1.82, 2.24) is 0 Å². The first kappa shape index (κ1) is 13.3. The Kier molecular flexibility index (Phi) is 6.26. The summed E-state index contributed by atoms with van der Waals surface area (Å²) in [7, 11) is 0. The summed E-state index contributed by atoms with van der Waals surface area (Å²) in [5, 5.41) is 10.7. The molecule has 1 N–H and O–H groups in total. The lowest BCUT2D eigenvalue weighted by molar-refractivity contribution is 0.0702. The van der Waals surface area contributed by atoms with E-state index in [0.717, 1.165) is 17.1 Å². The van der Waals surface area contributed by atoms with Gasteiger partial charge in [0, 0.05) is 10.3 Å². The van der Waals surface area contributed by atoms with Crippen LogP contribution in [-0.2, 0) is 0 Å². The average molecular weight is 256 g/mol. The third-order valence-electron chi connectivity index (χ3n) is 2.11. The summed E-state index contributed by atoms with van der Waals surface area (Å²) in [5.41, 5.74) is 0. The van der Waals surface area contributed by atoms with E-state index in [1.807, 2.05) is 11.5 Å². The van der Waals surface area contributed by atoms with Crippen LogP contribution in [-0.4, -0.2) is 16.8 Å². The van der Waals surface area contributed by atoms with Crippen LogP contribution in [0.2, 0.25) is 0 Å². The molecule has 0 aliphatic rings. The molecule has 0 saturated heterocycles. The normalized spacial score (nSPS) is 10.2. The number of carboxylic acid groups (broad SMARTS) is 1. The molecule has 0 aliphatic heterocycles. The SMILES string of the molecule is C=CCCCCCSc1csc(C(=O)O)c1. The van der Waals surface area contributed by atoms with Crippen molar-refractivity contribution in [2.24, 2.45) is 0 Å². The standard InChI is InChI=1S/C12H16O2S2/c1-2-3-4-5-6-7-15-10-8-11(12(13)14)16-9-10/h2,8-9H,1,3-7H2,(H,13,14). The Hall–Kier alpha value is -0.740. The highest BCUT2D eigenvalue weighted by molar-refractivity contribution is 7.99. The number of unbranched alkanes of at least 4 members (excludes halogenated alkanes) is 3. The number of carboxylic acids is 1. The Labute approximate surface area is 104 Å². The van der Waals surface area contributed by atoms with Crippen LogP contribution in [0, 0.1) is 0 Å². The number of aromatic carboxylic acids is 1. The van der Waals surface area contributed by atoms with E-state index in [1.165, 1.54) is 30.6 Å². The minimum atomic E-state index is -0.831. The number of hydrogen-bond acceptors (Lipinski definition) is 3. The van der Waals surface area contributed by atoms with Gasteiger partial charge in [0.15, 0.2) is 0 Å². The first-order valence-corrected chi connectivity index (χ1v) is 7.16. The van der Waals surface area contributed by atoms with Crippen molar-refractivity contribution >= 4 is 29.1 Å². The van der Waals surface area contributed by atoms with Gasteiger partial charge in [-0.15, -0.1) is 29.7 Å². The molecule has 0 aliphatic carbocycles. The first-order chi connectivity index (χ1) is 7.74. The largest absolute Gasteiger partial charge is 0.477 e. The zero-order valence-corrected chi connectivity index (χ0v) is 10.8. The highest BCUT2D eigenvalue weighted by Crippen LogP contribution is 2.25. The van der Waals surface area contributed by atoms with Crippen molar-refractivity contribution in [3.8, 4) is 0 Å². The fourth-order valence-corrected chi connectivity index (χ4v) is 3.15. The fourth-order valence-electron chi connectivity index (χ4n) is 1.26. The number of hydrogen-bond donors (Lipinski definition) is 1. The van der Waals surface area contributed by atoms with Gasteiger partial charge in [-0.3, -0.25) is 0 Å².